The molecule has 0 N–H and O–H groups in total. The number of benzene rings is 1. The molecule has 5 heteroatoms. The van der Waals surface area contributed by atoms with Crippen molar-refractivity contribution in [1.82, 2.24) is 0 Å². The van der Waals surface area contributed by atoms with Crippen LogP contribution in [0.15, 0.2) is 28.7 Å². The third-order valence-electron chi connectivity index (χ3n) is 1.67. The van der Waals surface area contributed by atoms with E-state index in [0.29, 0.717) is 0 Å². The molecule has 0 unspecified atom stereocenters. The predicted octanol–water partition coefficient (Wildman–Crippen LogP) is 3.89. The summed E-state index contributed by atoms with van der Waals surface area (Å²) in [5.74, 6) is -3.95. The topological polar surface area (TPSA) is 0 Å². The molecule has 14 heavy (non-hydrogen) atoms. The lowest BCUT2D eigenvalue weighted by Gasteiger charge is -2.14. The van der Waals surface area contributed by atoms with Crippen molar-refractivity contribution in [2.75, 3.05) is 0 Å². The Morgan fingerprint density at radius 3 is 2.07 bits per heavy atom. The van der Waals surface area contributed by atoms with Crippen molar-refractivity contribution in [1.29, 1.82) is 0 Å². The first-order valence-electron chi connectivity index (χ1n) is 3.82. The summed E-state index contributed by atoms with van der Waals surface area (Å²) in [5, 5.41) is 0. The lowest BCUT2D eigenvalue weighted by molar-refractivity contribution is -0.127. The van der Waals surface area contributed by atoms with Crippen LogP contribution in [0.1, 0.15) is 5.56 Å². The highest BCUT2D eigenvalue weighted by Crippen LogP contribution is 2.27. The highest BCUT2D eigenvalue weighted by molar-refractivity contribution is 9.10. The van der Waals surface area contributed by atoms with Gasteiger partial charge in [-0.2, -0.15) is 8.78 Å². The summed E-state index contributed by atoms with van der Waals surface area (Å²) in [6.45, 7) is 0. The molecule has 0 aliphatic heterocycles. The highest BCUT2D eigenvalue weighted by atomic mass is 79.9. The van der Waals surface area contributed by atoms with Crippen LogP contribution >= 0.6 is 15.9 Å². The first-order chi connectivity index (χ1) is 6.42. The lowest BCUT2D eigenvalue weighted by atomic mass is 10.1. The van der Waals surface area contributed by atoms with Gasteiger partial charge in [0.2, 0.25) is 0 Å². The van der Waals surface area contributed by atoms with Gasteiger partial charge in [-0.15, -0.1) is 0 Å². The van der Waals surface area contributed by atoms with Crippen LogP contribution in [0.5, 0.6) is 0 Å². The fraction of sp³-hybridized carbons (Fsp3) is 0.333. The summed E-state index contributed by atoms with van der Waals surface area (Å²) in [5.41, 5.74) is 0.193. The summed E-state index contributed by atoms with van der Waals surface area (Å²) in [7, 11) is 0. The van der Waals surface area contributed by atoms with Crippen molar-refractivity contribution in [2.24, 2.45) is 0 Å². The Morgan fingerprint density at radius 2 is 1.64 bits per heavy atom. The number of alkyl halides is 4. The monoisotopic (exact) mass is 270 g/mol. The zero-order valence-corrected chi connectivity index (χ0v) is 8.57. The van der Waals surface area contributed by atoms with Crippen molar-refractivity contribution in [3.05, 3.63) is 34.3 Å². The van der Waals surface area contributed by atoms with Gasteiger partial charge in [0.05, 0.1) is 0 Å². The van der Waals surface area contributed by atoms with E-state index in [4.69, 9.17) is 0 Å². The van der Waals surface area contributed by atoms with Gasteiger partial charge in [-0.1, -0.05) is 28.1 Å². The Bertz CT molecular complexity index is 294. The number of hydrogen-bond acceptors (Lipinski definition) is 0. The molecule has 0 spiro atoms. The summed E-state index contributed by atoms with van der Waals surface area (Å²) in [4.78, 5) is 0. The summed E-state index contributed by atoms with van der Waals surface area (Å²) in [6.07, 6.45) is -4.55. The van der Waals surface area contributed by atoms with Gasteiger partial charge in [0, 0.05) is 10.9 Å². The zero-order valence-electron chi connectivity index (χ0n) is 6.98. The van der Waals surface area contributed by atoms with Crippen molar-refractivity contribution in [3.63, 3.8) is 0 Å². The molecule has 0 heterocycles. The van der Waals surface area contributed by atoms with Crippen LogP contribution in [-0.4, -0.2) is 12.3 Å². The first kappa shape index (κ1) is 11.5. The average molecular weight is 271 g/mol. The Hall–Kier alpha value is -0.580. The molecule has 0 saturated heterocycles. The molecule has 0 saturated carbocycles. The Balaban J connectivity index is 2.74. The summed E-state index contributed by atoms with van der Waals surface area (Å²) < 4.78 is 49.5. The maximum atomic E-state index is 12.6. The molecule has 0 atom stereocenters. The van der Waals surface area contributed by atoms with Crippen LogP contribution < -0.4 is 0 Å². The van der Waals surface area contributed by atoms with E-state index in [1.54, 1.807) is 0 Å². The lowest BCUT2D eigenvalue weighted by Crippen LogP contribution is -2.29. The quantitative estimate of drug-likeness (QED) is 0.731. The normalized spacial score (nSPS) is 12.1. The van der Waals surface area contributed by atoms with Gasteiger partial charge in [-0.25, -0.2) is 8.78 Å². The van der Waals surface area contributed by atoms with Crippen molar-refractivity contribution in [3.8, 4) is 0 Å². The molecule has 0 fully saturated rings. The predicted molar refractivity (Wildman–Crippen MR) is 48.8 cm³/mol. The molecule has 0 radical (unpaired) electrons. The van der Waals surface area contributed by atoms with E-state index < -0.39 is 18.8 Å². The van der Waals surface area contributed by atoms with E-state index in [1.807, 2.05) is 0 Å². The second-order valence-electron chi connectivity index (χ2n) is 2.86. The molecular formula is C9H7BrF4. The minimum Gasteiger partial charge on any atom is -0.204 e. The smallest absolute Gasteiger partial charge is 0.204 e. The largest absolute Gasteiger partial charge is 0.311 e. The van der Waals surface area contributed by atoms with E-state index in [9.17, 15) is 17.6 Å². The standard InChI is InChI=1S/C9H7BrF4/c10-7-3-1-6(2-4-7)5-9(13,14)8(11)12/h1-4,8H,5H2. The molecule has 1 aromatic carbocycles. The molecule has 1 rings (SSSR count). The molecule has 78 valence electrons. The zero-order chi connectivity index (χ0) is 10.8. The Kier molecular flexibility index (Phi) is 3.53. The molecule has 0 aliphatic carbocycles. The van der Waals surface area contributed by atoms with Crippen LogP contribution in [-0.2, 0) is 6.42 Å². The van der Waals surface area contributed by atoms with Crippen molar-refractivity contribution in [2.45, 2.75) is 18.8 Å². The maximum Gasteiger partial charge on any atom is 0.311 e. The average Bonchev–Trinajstić information content (AvgIpc) is 2.08. The van der Waals surface area contributed by atoms with Crippen LogP contribution in [0.4, 0.5) is 17.6 Å². The van der Waals surface area contributed by atoms with Crippen LogP contribution in [0.25, 0.3) is 0 Å². The highest BCUT2D eigenvalue weighted by Gasteiger charge is 2.40. The van der Waals surface area contributed by atoms with Gasteiger partial charge in [-0.05, 0) is 17.7 Å². The molecular weight excluding hydrogens is 264 g/mol. The minimum atomic E-state index is -3.95. The maximum absolute atomic E-state index is 12.6. The molecule has 0 aromatic heterocycles. The van der Waals surface area contributed by atoms with Crippen molar-refractivity contribution < 1.29 is 17.6 Å². The van der Waals surface area contributed by atoms with Gasteiger partial charge in [0.1, 0.15) is 0 Å². The second-order valence-corrected chi connectivity index (χ2v) is 3.78. The van der Waals surface area contributed by atoms with Gasteiger partial charge >= 0.3 is 12.3 Å². The number of hydrogen-bond donors (Lipinski definition) is 0. The van der Waals surface area contributed by atoms with Gasteiger partial charge in [0.25, 0.3) is 0 Å². The van der Waals surface area contributed by atoms with E-state index >= 15 is 0 Å². The molecule has 0 nitrogen and oxygen atoms in total. The van der Waals surface area contributed by atoms with Crippen molar-refractivity contribution >= 4 is 15.9 Å². The molecule has 1 aromatic rings. The molecule has 0 aliphatic rings. The van der Waals surface area contributed by atoms with Gasteiger partial charge < -0.3 is 0 Å². The number of halogens is 5. The van der Waals surface area contributed by atoms with E-state index in [0.717, 1.165) is 4.47 Å². The van der Waals surface area contributed by atoms with E-state index in [1.165, 1.54) is 24.3 Å². The molecule has 0 amide bonds. The van der Waals surface area contributed by atoms with E-state index in [2.05, 4.69) is 15.9 Å². The van der Waals surface area contributed by atoms with Gasteiger partial charge in [0.15, 0.2) is 0 Å². The van der Waals surface area contributed by atoms with Crippen LogP contribution in [0.2, 0.25) is 0 Å². The first-order valence-corrected chi connectivity index (χ1v) is 4.61. The third kappa shape index (κ3) is 2.97. The molecule has 0 bridgehead atoms. The second kappa shape index (κ2) is 4.29. The summed E-state index contributed by atoms with van der Waals surface area (Å²) in [6, 6.07) is 5.86. The Labute approximate surface area is 87.1 Å². The third-order valence-corrected chi connectivity index (χ3v) is 2.20. The SMILES string of the molecule is FC(F)C(F)(F)Cc1ccc(Br)cc1. The fourth-order valence-corrected chi connectivity index (χ4v) is 1.22. The Morgan fingerprint density at radius 1 is 1.14 bits per heavy atom. The van der Waals surface area contributed by atoms with Crippen LogP contribution in [0.3, 0.4) is 0 Å². The van der Waals surface area contributed by atoms with E-state index in [-0.39, 0.29) is 5.56 Å². The van der Waals surface area contributed by atoms with Crippen LogP contribution in [0, 0.1) is 0 Å². The number of rotatable bonds is 3. The summed E-state index contributed by atoms with van der Waals surface area (Å²) >= 11 is 3.12. The fourth-order valence-electron chi connectivity index (χ4n) is 0.952. The van der Waals surface area contributed by atoms with Gasteiger partial charge in [-0.3, -0.25) is 0 Å². The minimum absolute atomic E-state index is 0.193.